The molecule has 0 amide bonds. The molecular formula is C31H32ClF3N6O2S. The number of benzene rings is 2. The van der Waals surface area contributed by atoms with E-state index < -0.39 is 21.8 Å². The highest BCUT2D eigenvalue weighted by atomic mass is 35.5. The second-order valence-electron chi connectivity index (χ2n) is 11.7. The number of hydrogen-bond donors (Lipinski definition) is 3. The molecule has 2 aliphatic carbocycles. The molecule has 1 atom stereocenters. The quantitative estimate of drug-likeness (QED) is 0.187. The molecule has 2 aromatic carbocycles. The molecule has 2 aliphatic rings. The molecule has 0 unspecified atom stereocenters. The molecule has 0 bridgehead atoms. The summed E-state index contributed by atoms with van der Waals surface area (Å²) in [6, 6.07) is 9.93. The van der Waals surface area contributed by atoms with Crippen molar-refractivity contribution in [1.29, 1.82) is 0 Å². The summed E-state index contributed by atoms with van der Waals surface area (Å²) >= 11 is 6.06. The number of nitrogens with two attached hydrogens (primary N) is 1. The first-order valence-electron chi connectivity index (χ1n) is 14.4. The maximum Gasteiger partial charge on any atom is 0.263 e. The lowest BCUT2D eigenvalue weighted by molar-refractivity contribution is -0.0948. The summed E-state index contributed by atoms with van der Waals surface area (Å²) in [4.78, 5) is 4.30. The van der Waals surface area contributed by atoms with Crippen molar-refractivity contribution in [2.24, 2.45) is 0 Å². The van der Waals surface area contributed by atoms with E-state index in [9.17, 15) is 17.2 Å². The number of nitrogen functional groups attached to an aromatic ring is 1. The molecule has 1 fully saturated rings. The number of alkyl halides is 2. The fourth-order valence-electron chi connectivity index (χ4n) is 5.96. The summed E-state index contributed by atoms with van der Waals surface area (Å²) in [7, 11) is -4.14. The fraction of sp³-hybridized carbons (Fsp3) is 0.355. The standard InChI is InChI=1S/C31H32ClF3N6O2S/c1-17(2)41-29-22(18-7-10-20(11-8-18)38-21-14-31(34,35)15-21)16-37-30(36)27(29)28(39-41)19-9-12-25(24(33)13-19)40-44(42,43)26-6-4-3-5-23(26)32/h3-7,9,12-13,16-17,20-21,38,40H,8,10-11,14-15H2,1-2H3,(H2,36,37)/t20-/m1/s1. The zero-order valence-corrected chi connectivity index (χ0v) is 25.7. The first kappa shape index (κ1) is 30.4. The lowest BCUT2D eigenvalue weighted by Crippen LogP contribution is -2.52. The molecule has 4 aromatic rings. The fourth-order valence-corrected chi connectivity index (χ4v) is 7.54. The van der Waals surface area contributed by atoms with Gasteiger partial charge in [-0.05, 0) is 62.9 Å². The predicted molar refractivity (Wildman–Crippen MR) is 167 cm³/mol. The van der Waals surface area contributed by atoms with E-state index in [0.29, 0.717) is 23.1 Å². The number of nitrogens with zero attached hydrogens (tertiary/aromatic N) is 3. The highest BCUT2D eigenvalue weighted by molar-refractivity contribution is 7.92. The molecule has 13 heteroatoms. The molecule has 0 radical (unpaired) electrons. The molecule has 0 aliphatic heterocycles. The zero-order chi connectivity index (χ0) is 31.4. The lowest BCUT2D eigenvalue weighted by atomic mass is 9.85. The van der Waals surface area contributed by atoms with Gasteiger partial charge in [0.25, 0.3) is 15.9 Å². The van der Waals surface area contributed by atoms with Crippen LogP contribution >= 0.6 is 11.6 Å². The summed E-state index contributed by atoms with van der Waals surface area (Å²) < 4.78 is 71.9. The molecule has 0 spiro atoms. The first-order chi connectivity index (χ1) is 20.8. The summed E-state index contributed by atoms with van der Waals surface area (Å²) in [6.45, 7) is 3.96. The normalized spacial score (nSPS) is 18.8. The van der Waals surface area contributed by atoms with E-state index in [1.54, 1.807) is 18.3 Å². The number of fused-ring (bicyclic) bond motifs is 1. The number of sulfonamides is 1. The number of aromatic nitrogens is 3. The Hall–Kier alpha value is -3.61. The summed E-state index contributed by atoms with van der Waals surface area (Å²) in [5, 5.41) is 8.77. The van der Waals surface area contributed by atoms with Crippen LogP contribution in [0.3, 0.4) is 0 Å². The predicted octanol–water partition coefficient (Wildman–Crippen LogP) is 7.18. The third kappa shape index (κ3) is 5.78. The molecular weight excluding hydrogens is 613 g/mol. The van der Waals surface area contributed by atoms with Crippen LogP contribution in [0.25, 0.3) is 27.7 Å². The smallest absolute Gasteiger partial charge is 0.263 e. The topological polar surface area (TPSA) is 115 Å². The Labute approximate surface area is 258 Å². The number of rotatable bonds is 8. The van der Waals surface area contributed by atoms with Gasteiger partial charge in [-0.2, -0.15) is 5.10 Å². The van der Waals surface area contributed by atoms with Gasteiger partial charge in [0.05, 0.1) is 21.6 Å². The van der Waals surface area contributed by atoms with Crippen molar-refractivity contribution in [3.8, 4) is 11.3 Å². The maximum atomic E-state index is 15.4. The van der Waals surface area contributed by atoms with Crippen LogP contribution in [0.5, 0.6) is 0 Å². The number of hydrogen-bond acceptors (Lipinski definition) is 6. The second-order valence-corrected chi connectivity index (χ2v) is 13.8. The largest absolute Gasteiger partial charge is 0.383 e. The van der Waals surface area contributed by atoms with Crippen LogP contribution in [-0.4, -0.2) is 41.2 Å². The molecule has 6 rings (SSSR count). The van der Waals surface area contributed by atoms with Crippen molar-refractivity contribution in [2.45, 2.75) is 74.9 Å². The van der Waals surface area contributed by atoms with Gasteiger partial charge < -0.3 is 11.1 Å². The average molecular weight is 645 g/mol. The molecule has 2 heterocycles. The van der Waals surface area contributed by atoms with Gasteiger partial charge in [0, 0.05) is 48.3 Å². The Morgan fingerprint density at radius 3 is 2.52 bits per heavy atom. The number of pyridine rings is 1. The van der Waals surface area contributed by atoms with Gasteiger partial charge in [0.1, 0.15) is 22.2 Å². The van der Waals surface area contributed by atoms with E-state index in [1.807, 2.05) is 18.5 Å². The van der Waals surface area contributed by atoms with Gasteiger partial charge in [-0.25, -0.2) is 26.6 Å². The third-order valence-electron chi connectivity index (χ3n) is 8.17. The molecule has 1 saturated carbocycles. The van der Waals surface area contributed by atoms with E-state index in [2.05, 4.69) is 21.1 Å². The average Bonchev–Trinajstić information content (AvgIpc) is 3.36. The van der Waals surface area contributed by atoms with Crippen molar-refractivity contribution in [1.82, 2.24) is 20.1 Å². The maximum absolute atomic E-state index is 15.4. The summed E-state index contributed by atoms with van der Waals surface area (Å²) in [6.07, 6.45) is 5.81. The van der Waals surface area contributed by atoms with Crippen LogP contribution in [0.2, 0.25) is 5.02 Å². The van der Waals surface area contributed by atoms with Gasteiger partial charge in [0.15, 0.2) is 0 Å². The number of anilines is 2. The SMILES string of the molecule is CC(C)n1nc(-c2ccc(NS(=O)(=O)c3ccccc3Cl)c(F)c2)c2c(N)ncc(C3=CC[C@@H](NC4CC(F)(F)C4)CC3)c21. The van der Waals surface area contributed by atoms with E-state index in [0.717, 1.165) is 29.5 Å². The van der Waals surface area contributed by atoms with Crippen LogP contribution in [-0.2, 0) is 10.0 Å². The van der Waals surface area contributed by atoms with E-state index in [-0.39, 0.29) is 52.4 Å². The number of halogens is 4. The Morgan fingerprint density at radius 1 is 1.14 bits per heavy atom. The highest BCUT2D eigenvalue weighted by Crippen LogP contribution is 2.41. The van der Waals surface area contributed by atoms with Crippen LogP contribution in [0, 0.1) is 5.82 Å². The van der Waals surface area contributed by atoms with Crippen molar-refractivity contribution in [3.05, 3.63) is 71.1 Å². The van der Waals surface area contributed by atoms with Crippen molar-refractivity contribution >= 4 is 49.6 Å². The van der Waals surface area contributed by atoms with Gasteiger partial charge >= 0.3 is 0 Å². The monoisotopic (exact) mass is 644 g/mol. The summed E-state index contributed by atoms with van der Waals surface area (Å²) in [5.74, 6) is -3.13. The minimum absolute atomic E-state index is 0.0179. The lowest BCUT2D eigenvalue weighted by Gasteiger charge is -2.38. The molecule has 2 aromatic heterocycles. The van der Waals surface area contributed by atoms with E-state index in [4.69, 9.17) is 22.4 Å². The second kappa shape index (κ2) is 11.4. The molecule has 4 N–H and O–H groups in total. The number of allylic oxidation sites excluding steroid dienone is 1. The Bertz CT molecular complexity index is 1880. The Balaban J connectivity index is 1.32. The Kier molecular flexibility index (Phi) is 7.87. The van der Waals surface area contributed by atoms with Crippen molar-refractivity contribution in [2.75, 3.05) is 10.5 Å². The minimum atomic E-state index is -4.14. The van der Waals surface area contributed by atoms with Crippen LogP contribution in [0.1, 0.15) is 57.6 Å². The summed E-state index contributed by atoms with van der Waals surface area (Å²) in [5.41, 5.74) is 9.67. The third-order valence-corrected chi connectivity index (χ3v) is 10.0. The highest BCUT2D eigenvalue weighted by Gasteiger charge is 2.45. The van der Waals surface area contributed by atoms with Crippen LogP contribution in [0.4, 0.5) is 24.7 Å². The van der Waals surface area contributed by atoms with Crippen molar-refractivity contribution < 1.29 is 21.6 Å². The van der Waals surface area contributed by atoms with Crippen molar-refractivity contribution in [3.63, 3.8) is 0 Å². The van der Waals surface area contributed by atoms with Gasteiger partial charge in [-0.15, -0.1) is 0 Å². The van der Waals surface area contributed by atoms with E-state index >= 15 is 4.39 Å². The van der Waals surface area contributed by atoms with Crippen LogP contribution < -0.4 is 15.8 Å². The van der Waals surface area contributed by atoms with Gasteiger partial charge in [0.2, 0.25) is 0 Å². The minimum Gasteiger partial charge on any atom is -0.383 e. The number of nitrogens with one attached hydrogen (secondary N) is 2. The molecule has 44 heavy (non-hydrogen) atoms. The zero-order valence-electron chi connectivity index (χ0n) is 24.1. The molecule has 0 saturated heterocycles. The van der Waals surface area contributed by atoms with Gasteiger partial charge in [-0.3, -0.25) is 9.40 Å². The first-order valence-corrected chi connectivity index (χ1v) is 16.3. The van der Waals surface area contributed by atoms with E-state index in [1.165, 1.54) is 30.3 Å². The van der Waals surface area contributed by atoms with Crippen LogP contribution in [0.15, 0.2) is 59.6 Å². The molecule has 8 nitrogen and oxygen atoms in total. The molecule has 232 valence electrons. The Morgan fingerprint density at radius 2 is 1.89 bits per heavy atom. The van der Waals surface area contributed by atoms with Gasteiger partial charge in [-0.1, -0.05) is 35.9 Å².